The third-order valence-electron chi connectivity index (χ3n) is 4.34. The molecule has 3 atom stereocenters. The Bertz CT molecular complexity index is 774. The van der Waals surface area contributed by atoms with E-state index in [0.29, 0.717) is 12.0 Å². The Balaban J connectivity index is 2.34. The number of benzene rings is 1. The van der Waals surface area contributed by atoms with Gasteiger partial charge in [0.05, 0.1) is 12.1 Å². The van der Waals surface area contributed by atoms with Crippen LogP contribution in [0.4, 0.5) is 0 Å². The molecule has 2 aromatic rings. The van der Waals surface area contributed by atoms with E-state index in [1.165, 1.54) is 18.6 Å². The van der Waals surface area contributed by atoms with Crippen LogP contribution in [-0.2, 0) is 4.79 Å². The van der Waals surface area contributed by atoms with E-state index in [2.05, 4.69) is 15.3 Å². The number of nitrogens with two attached hydrogens (primary N) is 1. The highest BCUT2D eigenvalue weighted by atomic mass is 16.4. The molecular formula is C19H25BN4O4. The summed E-state index contributed by atoms with van der Waals surface area (Å²) >= 11 is 0. The quantitative estimate of drug-likeness (QED) is 0.281. The number of hydrogen-bond donors (Lipinski definition) is 4. The molecule has 0 aliphatic rings. The number of aromatic nitrogens is 2. The summed E-state index contributed by atoms with van der Waals surface area (Å²) in [7, 11) is -1.76. The highest BCUT2D eigenvalue weighted by Gasteiger charge is 2.37. The molecule has 0 spiro atoms. The Morgan fingerprint density at radius 2 is 1.86 bits per heavy atom. The van der Waals surface area contributed by atoms with Crippen LogP contribution in [0.1, 0.15) is 42.4 Å². The van der Waals surface area contributed by atoms with Gasteiger partial charge in [0.25, 0.3) is 0 Å². The van der Waals surface area contributed by atoms with Crippen molar-refractivity contribution in [2.75, 3.05) is 0 Å². The van der Waals surface area contributed by atoms with Gasteiger partial charge in [0.15, 0.2) is 5.78 Å². The van der Waals surface area contributed by atoms with Crippen molar-refractivity contribution >= 4 is 18.8 Å². The van der Waals surface area contributed by atoms with Gasteiger partial charge in [-0.15, -0.1) is 0 Å². The van der Waals surface area contributed by atoms with Crippen LogP contribution in [0, 0.1) is 11.8 Å². The molecule has 9 heteroatoms. The Morgan fingerprint density at radius 3 is 2.39 bits per heavy atom. The minimum atomic E-state index is -1.76. The molecule has 0 saturated carbocycles. The standard InChI is InChI=1S/C19H25BN4O4/c1-12(2)10-15(20(27)28)24-19(26)16(17(21)13-6-4-3-5-7-13)18(25)14-11-22-8-9-23-14/h3-9,11-12,15-17,27-28H,10,21H2,1-2H3,(H,24,26)/t15-,16-,17?/m0/s1. The fourth-order valence-corrected chi connectivity index (χ4v) is 2.93. The summed E-state index contributed by atoms with van der Waals surface area (Å²) in [6.07, 6.45) is 4.38. The molecular weight excluding hydrogens is 359 g/mol. The molecule has 148 valence electrons. The van der Waals surface area contributed by atoms with Crippen LogP contribution in [-0.4, -0.2) is 44.8 Å². The summed E-state index contributed by atoms with van der Waals surface area (Å²) in [6.45, 7) is 3.78. The maximum atomic E-state index is 13.0. The maximum Gasteiger partial charge on any atom is 0.475 e. The zero-order chi connectivity index (χ0) is 20.7. The van der Waals surface area contributed by atoms with E-state index in [9.17, 15) is 19.6 Å². The number of nitrogens with one attached hydrogen (secondary N) is 1. The normalized spacial score (nSPS) is 14.2. The highest BCUT2D eigenvalue weighted by molar-refractivity contribution is 6.43. The van der Waals surface area contributed by atoms with Gasteiger partial charge in [-0.1, -0.05) is 44.2 Å². The zero-order valence-electron chi connectivity index (χ0n) is 15.9. The van der Waals surface area contributed by atoms with Gasteiger partial charge < -0.3 is 21.1 Å². The van der Waals surface area contributed by atoms with Crippen molar-refractivity contribution in [3.63, 3.8) is 0 Å². The van der Waals surface area contributed by atoms with E-state index in [1.54, 1.807) is 30.3 Å². The second-order valence-corrected chi connectivity index (χ2v) is 7.03. The molecule has 2 rings (SSSR count). The van der Waals surface area contributed by atoms with Crippen LogP contribution < -0.4 is 11.1 Å². The number of nitrogens with zero attached hydrogens (tertiary/aromatic N) is 2. The first-order valence-electron chi connectivity index (χ1n) is 9.08. The van der Waals surface area contributed by atoms with Crippen molar-refractivity contribution < 1.29 is 19.6 Å². The molecule has 1 amide bonds. The molecule has 0 radical (unpaired) electrons. The molecule has 8 nitrogen and oxygen atoms in total. The summed E-state index contributed by atoms with van der Waals surface area (Å²) in [5.41, 5.74) is 6.89. The summed E-state index contributed by atoms with van der Waals surface area (Å²) in [4.78, 5) is 33.8. The van der Waals surface area contributed by atoms with Gasteiger partial charge in [0.1, 0.15) is 11.6 Å². The predicted octanol–water partition coefficient (Wildman–Crippen LogP) is 0.518. The second-order valence-electron chi connectivity index (χ2n) is 7.03. The molecule has 0 bridgehead atoms. The maximum absolute atomic E-state index is 13.0. The first-order valence-corrected chi connectivity index (χ1v) is 9.08. The monoisotopic (exact) mass is 384 g/mol. The van der Waals surface area contributed by atoms with Crippen molar-refractivity contribution in [1.29, 1.82) is 0 Å². The van der Waals surface area contributed by atoms with Crippen molar-refractivity contribution in [2.24, 2.45) is 17.6 Å². The number of ketones is 1. The number of hydrogen-bond acceptors (Lipinski definition) is 7. The Morgan fingerprint density at radius 1 is 1.18 bits per heavy atom. The SMILES string of the molecule is CC(C)C[C@H](NC(=O)[C@H](C(=O)c1cnccn1)C(N)c1ccccc1)B(O)O. The summed E-state index contributed by atoms with van der Waals surface area (Å²) < 4.78 is 0. The Hall–Kier alpha value is -2.62. The van der Waals surface area contributed by atoms with Gasteiger partial charge in [-0.3, -0.25) is 14.6 Å². The molecule has 1 aromatic carbocycles. The van der Waals surface area contributed by atoms with E-state index < -0.39 is 36.7 Å². The minimum absolute atomic E-state index is 0.0130. The van der Waals surface area contributed by atoms with Gasteiger partial charge in [-0.25, -0.2) is 4.98 Å². The van der Waals surface area contributed by atoms with Crippen LogP contribution in [0.5, 0.6) is 0 Å². The molecule has 0 aliphatic carbocycles. The third kappa shape index (κ3) is 5.69. The highest BCUT2D eigenvalue weighted by Crippen LogP contribution is 2.23. The number of amides is 1. The van der Waals surface area contributed by atoms with E-state index in [4.69, 9.17) is 5.73 Å². The van der Waals surface area contributed by atoms with Crippen molar-refractivity contribution in [3.05, 3.63) is 60.2 Å². The van der Waals surface area contributed by atoms with E-state index in [0.717, 1.165) is 0 Å². The van der Waals surface area contributed by atoms with Crippen LogP contribution in [0.25, 0.3) is 0 Å². The lowest BCUT2D eigenvalue weighted by atomic mass is 9.74. The van der Waals surface area contributed by atoms with Crippen molar-refractivity contribution in [1.82, 2.24) is 15.3 Å². The number of carbonyl (C=O) groups is 2. The van der Waals surface area contributed by atoms with Gasteiger partial charge in [-0.05, 0) is 17.9 Å². The first kappa shape index (κ1) is 21.7. The van der Waals surface area contributed by atoms with Crippen molar-refractivity contribution in [2.45, 2.75) is 32.3 Å². The van der Waals surface area contributed by atoms with Crippen molar-refractivity contribution in [3.8, 4) is 0 Å². The van der Waals surface area contributed by atoms with Crippen LogP contribution >= 0.6 is 0 Å². The second kappa shape index (κ2) is 10.1. The lowest BCUT2D eigenvalue weighted by molar-refractivity contribution is -0.124. The van der Waals surface area contributed by atoms with Crippen LogP contribution in [0.2, 0.25) is 0 Å². The molecule has 1 heterocycles. The van der Waals surface area contributed by atoms with Crippen LogP contribution in [0.15, 0.2) is 48.9 Å². The van der Waals surface area contributed by atoms with Gasteiger partial charge in [0, 0.05) is 18.4 Å². The summed E-state index contributed by atoms with van der Waals surface area (Å²) in [6, 6.07) is 7.83. The zero-order valence-corrected chi connectivity index (χ0v) is 15.9. The average molecular weight is 384 g/mol. The fourth-order valence-electron chi connectivity index (χ4n) is 2.93. The third-order valence-corrected chi connectivity index (χ3v) is 4.34. The fraction of sp³-hybridized carbons (Fsp3) is 0.368. The van der Waals surface area contributed by atoms with E-state index >= 15 is 0 Å². The molecule has 0 fully saturated rings. The minimum Gasteiger partial charge on any atom is -0.426 e. The largest absolute Gasteiger partial charge is 0.475 e. The predicted molar refractivity (Wildman–Crippen MR) is 105 cm³/mol. The smallest absolute Gasteiger partial charge is 0.426 e. The average Bonchev–Trinajstić information content (AvgIpc) is 2.68. The van der Waals surface area contributed by atoms with E-state index in [-0.39, 0.29) is 11.6 Å². The van der Waals surface area contributed by atoms with Gasteiger partial charge in [0.2, 0.25) is 5.91 Å². The van der Waals surface area contributed by atoms with Gasteiger partial charge in [-0.2, -0.15) is 0 Å². The molecule has 0 saturated heterocycles. The number of Topliss-reactive ketones (excluding diaryl/α,β-unsaturated/α-hetero) is 1. The van der Waals surface area contributed by atoms with Gasteiger partial charge >= 0.3 is 7.12 Å². The molecule has 1 unspecified atom stereocenters. The molecule has 5 N–H and O–H groups in total. The lowest BCUT2D eigenvalue weighted by Gasteiger charge is -2.26. The van der Waals surface area contributed by atoms with Crippen LogP contribution in [0.3, 0.4) is 0 Å². The Kier molecular flexibility index (Phi) is 7.80. The first-order chi connectivity index (χ1) is 13.3. The molecule has 0 aliphatic heterocycles. The molecule has 28 heavy (non-hydrogen) atoms. The Labute approximate surface area is 164 Å². The summed E-state index contributed by atoms with van der Waals surface area (Å²) in [5, 5.41) is 21.8. The lowest BCUT2D eigenvalue weighted by Crippen LogP contribution is -2.52. The molecule has 1 aromatic heterocycles. The van der Waals surface area contributed by atoms with E-state index in [1.807, 2.05) is 13.8 Å². The number of rotatable bonds is 9. The topological polar surface area (TPSA) is 138 Å². The number of carbonyl (C=O) groups excluding carboxylic acids is 2. The summed E-state index contributed by atoms with van der Waals surface area (Å²) in [5.74, 6) is -3.40.